The van der Waals surface area contributed by atoms with Crippen LogP contribution in [-0.2, 0) is 0 Å². The fourth-order valence-corrected chi connectivity index (χ4v) is 7.85. The fourth-order valence-electron chi connectivity index (χ4n) is 7.16. The van der Waals surface area contributed by atoms with Gasteiger partial charge in [0.05, 0.1) is 17.3 Å². The summed E-state index contributed by atoms with van der Waals surface area (Å²) in [7, 11) is 2.26. The van der Waals surface area contributed by atoms with Gasteiger partial charge in [-0.2, -0.15) is 16.4 Å². The van der Waals surface area contributed by atoms with E-state index < -0.39 is 0 Å². The molecule has 1 amide bonds. The van der Waals surface area contributed by atoms with Crippen LogP contribution in [0.25, 0.3) is 22.2 Å². The Balaban J connectivity index is 1.08. The van der Waals surface area contributed by atoms with Crippen LogP contribution in [0.4, 0.5) is 0 Å². The molecule has 0 radical (unpaired) electrons. The molecule has 4 aromatic rings. The van der Waals surface area contributed by atoms with E-state index in [0.717, 1.165) is 40.8 Å². The van der Waals surface area contributed by atoms with E-state index >= 15 is 0 Å². The number of hydrogen-bond acceptors (Lipinski definition) is 5. The van der Waals surface area contributed by atoms with Crippen LogP contribution in [0.1, 0.15) is 73.3 Å². The van der Waals surface area contributed by atoms with E-state index in [9.17, 15) is 4.79 Å². The first-order chi connectivity index (χ1) is 19.1. The van der Waals surface area contributed by atoms with Crippen molar-refractivity contribution in [2.45, 2.75) is 75.6 Å². The van der Waals surface area contributed by atoms with Crippen molar-refractivity contribution in [2.24, 2.45) is 5.92 Å². The van der Waals surface area contributed by atoms with Gasteiger partial charge in [0.15, 0.2) is 0 Å². The van der Waals surface area contributed by atoms with Crippen molar-refractivity contribution >= 4 is 28.1 Å². The number of nitrogens with one attached hydrogen (secondary N) is 2. The highest BCUT2D eigenvalue weighted by atomic mass is 32.1. The number of rotatable bonds is 7. The quantitative estimate of drug-likeness (QED) is 0.266. The molecule has 2 aliphatic heterocycles. The van der Waals surface area contributed by atoms with Gasteiger partial charge in [-0.15, -0.1) is 0 Å². The number of carbonyl (C=O) groups excluding carboxylic acids is 1. The molecule has 0 spiro atoms. The summed E-state index contributed by atoms with van der Waals surface area (Å²) in [4.78, 5) is 16.0. The van der Waals surface area contributed by atoms with Crippen LogP contribution in [0.2, 0.25) is 0 Å². The number of fused-ring (bicyclic) bond motifs is 3. The van der Waals surface area contributed by atoms with E-state index in [1.807, 2.05) is 18.2 Å². The first kappa shape index (κ1) is 24.9. The van der Waals surface area contributed by atoms with Crippen LogP contribution in [0.3, 0.4) is 0 Å². The number of benzene rings is 2. The fraction of sp³-hybridized carbons (Fsp3) is 0.438. The largest absolute Gasteiger partial charge is 0.490 e. The molecule has 3 fully saturated rings. The van der Waals surface area contributed by atoms with Gasteiger partial charge in [0, 0.05) is 28.6 Å². The zero-order valence-electron chi connectivity index (χ0n) is 22.4. The van der Waals surface area contributed by atoms with E-state index in [4.69, 9.17) is 4.74 Å². The molecule has 3 aliphatic rings. The maximum atomic E-state index is 13.5. The predicted molar refractivity (Wildman–Crippen MR) is 156 cm³/mol. The Morgan fingerprint density at radius 3 is 2.54 bits per heavy atom. The van der Waals surface area contributed by atoms with Gasteiger partial charge in [-0.1, -0.05) is 12.8 Å². The van der Waals surface area contributed by atoms with Crippen LogP contribution in [-0.4, -0.2) is 46.2 Å². The van der Waals surface area contributed by atoms with E-state index in [0.29, 0.717) is 29.7 Å². The van der Waals surface area contributed by atoms with Crippen LogP contribution < -0.4 is 10.1 Å². The smallest absolute Gasteiger partial charge is 0.251 e. The monoisotopic (exact) mass is 540 g/mol. The number of nitrogens with zero attached hydrogens (tertiary/aromatic N) is 2. The van der Waals surface area contributed by atoms with Gasteiger partial charge in [-0.25, -0.2) is 0 Å². The van der Waals surface area contributed by atoms with Crippen LogP contribution in [0, 0.1) is 5.92 Å². The first-order valence-electron chi connectivity index (χ1n) is 14.4. The Morgan fingerprint density at radius 1 is 1.05 bits per heavy atom. The Labute approximate surface area is 233 Å². The predicted octanol–water partition coefficient (Wildman–Crippen LogP) is 6.96. The second kappa shape index (κ2) is 10.4. The summed E-state index contributed by atoms with van der Waals surface area (Å²) in [5.41, 5.74) is 4.68. The van der Waals surface area contributed by atoms with Crippen LogP contribution in [0.15, 0.2) is 59.3 Å². The van der Waals surface area contributed by atoms with E-state index in [-0.39, 0.29) is 11.9 Å². The summed E-state index contributed by atoms with van der Waals surface area (Å²) in [6, 6.07) is 17.6. The Hall–Kier alpha value is -3.16. The van der Waals surface area contributed by atoms with Gasteiger partial charge in [-0.05, 0) is 116 Å². The van der Waals surface area contributed by atoms with Crippen molar-refractivity contribution in [3.63, 3.8) is 0 Å². The van der Waals surface area contributed by atoms with Crippen molar-refractivity contribution in [3.8, 4) is 17.0 Å². The first-order valence-corrected chi connectivity index (χ1v) is 15.4. The lowest BCUT2D eigenvalue weighted by Gasteiger charge is -2.36. The average molecular weight is 541 g/mol. The van der Waals surface area contributed by atoms with Gasteiger partial charge in [0.1, 0.15) is 11.9 Å². The maximum absolute atomic E-state index is 13.5. The Kier molecular flexibility index (Phi) is 6.65. The summed E-state index contributed by atoms with van der Waals surface area (Å²) >= 11 is 1.69. The lowest BCUT2D eigenvalue weighted by Crippen LogP contribution is -2.43. The molecule has 2 aromatic heterocycles. The number of amides is 1. The van der Waals surface area contributed by atoms with Crippen molar-refractivity contribution in [2.75, 3.05) is 7.05 Å². The molecule has 7 heteroatoms. The highest BCUT2D eigenvalue weighted by molar-refractivity contribution is 7.08. The van der Waals surface area contributed by atoms with Crippen molar-refractivity contribution in [1.29, 1.82) is 0 Å². The number of H-pyrrole nitrogens is 1. The number of hydrogen-bond donors (Lipinski definition) is 2. The molecular weight excluding hydrogens is 504 g/mol. The van der Waals surface area contributed by atoms with Crippen LogP contribution >= 0.6 is 11.3 Å². The highest BCUT2D eigenvalue weighted by Gasteiger charge is 2.39. The normalized spacial score (nSPS) is 24.3. The maximum Gasteiger partial charge on any atom is 0.251 e. The molecule has 2 bridgehead atoms. The minimum absolute atomic E-state index is 0.0250. The van der Waals surface area contributed by atoms with E-state index in [1.165, 1.54) is 44.1 Å². The summed E-state index contributed by atoms with van der Waals surface area (Å²) < 4.78 is 6.40. The molecule has 1 saturated carbocycles. The molecule has 0 unspecified atom stereocenters. The summed E-state index contributed by atoms with van der Waals surface area (Å²) in [5, 5.41) is 16.4. The summed E-state index contributed by atoms with van der Waals surface area (Å²) in [6.45, 7) is 0. The number of aromatic nitrogens is 2. The van der Waals surface area contributed by atoms with Gasteiger partial charge in [0.25, 0.3) is 5.91 Å². The van der Waals surface area contributed by atoms with Crippen molar-refractivity contribution in [1.82, 2.24) is 20.4 Å². The molecule has 2 aromatic carbocycles. The zero-order valence-corrected chi connectivity index (χ0v) is 23.3. The Bertz CT molecular complexity index is 1430. The second-order valence-electron chi connectivity index (χ2n) is 11.7. The van der Waals surface area contributed by atoms with Gasteiger partial charge in [-0.3, -0.25) is 9.89 Å². The minimum atomic E-state index is -0.0250. The summed E-state index contributed by atoms with van der Waals surface area (Å²) in [6.07, 6.45) is 9.93. The number of piperidine rings is 1. The molecule has 39 heavy (non-hydrogen) atoms. The topological polar surface area (TPSA) is 70.2 Å². The third-order valence-corrected chi connectivity index (χ3v) is 10.1. The molecule has 2 N–H and O–H groups in total. The SMILES string of the molecule is CN1[C@@H]2CC[C@H]1C[C@H](Oc1ccc(-c3n[nH]c4ccc(C(=O)N[C@@H](c5ccsc5)C5CCCC5)cc34)cc1)C2. The third-order valence-electron chi connectivity index (χ3n) is 9.37. The van der Waals surface area contributed by atoms with Gasteiger partial charge >= 0.3 is 0 Å². The molecule has 4 atom stereocenters. The lowest BCUT2D eigenvalue weighted by atomic mass is 9.93. The number of aromatic amines is 1. The lowest BCUT2D eigenvalue weighted by molar-refractivity contribution is 0.0662. The number of thiophene rings is 1. The molecule has 4 heterocycles. The zero-order chi connectivity index (χ0) is 26.3. The van der Waals surface area contributed by atoms with Crippen LogP contribution in [0.5, 0.6) is 5.75 Å². The van der Waals surface area contributed by atoms with E-state index in [1.54, 1.807) is 11.3 Å². The molecule has 7 rings (SSSR count). The molecule has 6 nitrogen and oxygen atoms in total. The molecular formula is C32H36N4O2S. The Morgan fingerprint density at radius 2 is 1.82 bits per heavy atom. The summed E-state index contributed by atoms with van der Waals surface area (Å²) in [5.74, 6) is 1.39. The standard InChI is InChI=1S/C32H36N4O2S/c1-36-24-9-10-25(36)18-27(17-24)38-26-11-6-21(7-12-26)31-28-16-22(8-13-29(28)34-35-31)32(37)33-30(20-4-2-3-5-20)23-14-15-39-19-23/h6-8,11-16,19-20,24-25,27,30H,2-5,9-10,17-18H2,1H3,(H,33,37)(H,34,35)/t24-,25+,27-,30-/m1/s1. The highest BCUT2D eigenvalue weighted by Crippen LogP contribution is 2.38. The number of ether oxygens (including phenoxy) is 1. The van der Waals surface area contributed by atoms with Crippen molar-refractivity contribution < 1.29 is 9.53 Å². The average Bonchev–Trinajstić information content (AvgIpc) is 3.76. The van der Waals surface area contributed by atoms with Crippen molar-refractivity contribution in [3.05, 3.63) is 70.4 Å². The van der Waals surface area contributed by atoms with Gasteiger partial charge in [0.2, 0.25) is 0 Å². The molecule has 2 saturated heterocycles. The number of carbonyl (C=O) groups is 1. The third kappa shape index (κ3) is 4.87. The van der Waals surface area contributed by atoms with Gasteiger partial charge < -0.3 is 15.0 Å². The minimum Gasteiger partial charge on any atom is -0.490 e. The molecule has 202 valence electrons. The van der Waals surface area contributed by atoms with E-state index in [2.05, 4.69) is 68.6 Å². The molecule has 1 aliphatic carbocycles. The second-order valence-corrected chi connectivity index (χ2v) is 12.5.